The van der Waals surface area contributed by atoms with Gasteiger partial charge in [-0.3, -0.25) is 9.59 Å². The van der Waals surface area contributed by atoms with Crippen molar-refractivity contribution in [2.45, 2.75) is 30.9 Å². The molecule has 0 bridgehead atoms. The van der Waals surface area contributed by atoms with Gasteiger partial charge >= 0.3 is 18.5 Å². The van der Waals surface area contributed by atoms with Crippen molar-refractivity contribution < 1.29 is 49.1 Å². The van der Waals surface area contributed by atoms with Gasteiger partial charge in [0, 0.05) is 17.8 Å². The Kier molecular flexibility index (Phi) is 8.53. The number of nitrogens with one attached hydrogen (secondary N) is 2. The van der Waals surface area contributed by atoms with Crippen molar-refractivity contribution in [1.82, 2.24) is 0 Å². The molecule has 0 fully saturated rings. The average Bonchev–Trinajstić information content (AvgIpc) is 2.82. The van der Waals surface area contributed by atoms with Crippen molar-refractivity contribution in [2.75, 3.05) is 10.6 Å². The molecular weight excluding hydrogens is 567 g/mol. The van der Waals surface area contributed by atoms with Crippen molar-refractivity contribution >= 4 is 34.8 Å². The number of benzene rings is 3. The summed E-state index contributed by atoms with van der Waals surface area (Å²) in [6, 6.07) is 9.32. The Balaban J connectivity index is 1.76. The predicted octanol–water partition coefficient (Wildman–Crippen LogP) is 8.30. The summed E-state index contributed by atoms with van der Waals surface area (Å²) in [6.45, 7) is 0. The first-order valence-electron chi connectivity index (χ1n) is 10.8. The number of halogens is 10. The van der Waals surface area contributed by atoms with E-state index in [1.807, 2.05) is 0 Å². The van der Waals surface area contributed by atoms with Gasteiger partial charge in [0.2, 0.25) is 5.91 Å². The number of hydrogen-bond acceptors (Lipinski definition) is 2. The molecule has 0 aliphatic rings. The molecule has 14 heteroatoms. The Morgan fingerprint density at radius 1 is 0.718 bits per heavy atom. The molecule has 1 unspecified atom stereocenters. The van der Waals surface area contributed by atoms with Crippen LogP contribution in [-0.2, 0) is 17.1 Å². The van der Waals surface area contributed by atoms with Gasteiger partial charge in [-0.05, 0) is 54.1 Å². The van der Waals surface area contributed by atoms with Crippen LogP contribution in [0, 0.1) is 0 Å². The molecule has 3 aromatic carbocycles. The van der Waals surface area contributed by atoms with E-state index in [-0.39, 0.29) is 22.0 Å². The van der Waals surface area contributed by atoms with E-state index in [1.54, 1.807) is 0 Å². The zero-order valence-corrected chi connectivity index (χ0v) is 20.0. The van der Waals surface area contributed by atoms with Crippen molar-refractivity contribution in [1.29, 1.82) is 0 Å². The minimum atomic E-state index is -5.06. The molecule has 0 aromatic heterocycles. The normalized spacial score (nSPS) is 13.1. The fraction of sp³-hybridized carbons (Fsp3) is 0.200. The second-order valence-electron chi connectivity index (χ2n) is 8.19. The molecule has 1 atom stereocenters. The third kappa shape index (κ3) is 7.88. The van der Waals surface area contributed by atoms with Gasteiger partial charge in [0.05, 0.1) is 27.6 Å². The summed E-state index contributed by atoms with van der Waals surface area (Å²) in [7, 11) is 0. The first kappa shape index (κ1) is 29.8. The Labute approximate surface area is 219 Å². The van der Waals surface area contributed by atoms with Crippen LogP contribution in [0.1, 0.15) is 39.4 Å². The lowest BCUT2D eigenvalue weighted by Gasteiger charge is -2.21. The van der Waals surface area contributed by atoms with Crippen LogP contribution in [0.15, 0.2) is 66.7 Å². The molecule has 2 N–H and O–H groups in total. The molecule has 208 valence electrons. The minimum Gasteiger partial charge on any atom is -0.326 e. The molecule has 4 nitrogen and oxygen atoms in total. The van der Waals surface area contributed by atoms with Crippen molar-refractivity contribution in [3.63, 3.8) is 0 Å². The zero-order valence-electron chi connectivity index (χ0n) is 19.2. The molecule has 3 aromatic rings. The van der Waals surface area contributed by atoms with Gasteiger partial charge in [-0.25, -0.2) is 0 Å². The molecular formula is C25H16ClF9N2O2. The Morgan fingerprint density at radius 2 is 1.31 bits per heavy atom. The number of hydrogen-bond donors (Lipinski definition) is 2. The number of alkyl halides is 9. The van der Waals surface area contributed by atoms with E-state index in [9.17, 15) is 49.1 Å². The van der Waals surface area contributed by atoms with E-state index in [1.165, 1.54) is 6.07 Å². The maximum Gasteiger partial charge on any atom is 0.416 e. The van der Waals surface area contributed by atoms with Crippen LogP contribution < -0.4 is 10.6 Å². The number of anilines is 2. The summed E-state index contributed by atoms with van der Waals surface area (Å²) in [5.41, 5.74) is -3.47. The van der Waals surface area contributed by atoms with E-state index >= 15 is 0 Å². The minimum absolute atomic E-state index is 0.0207. The topological polar surface area (TPSA) is 58.2 Å². The Hall–Kier alpha value is -3.74. The second kappa shape index (κ2) is 11.2. The van der Waals surface area contributed by atoms with Crippen LogP contribution in [0.5, 0.6) is 0 Å². The standard InChI is InChI=1S/C25H16ClF9N2O2/c26-20-9-8-17(11-18(20)22(39)37-16-6-4-14(5-7-16)23(27,28)29)36-21(38)12-19(25(33,34)35)13-2-1-3-15(10-13)24(30,31)32/h1-11,19H,12H2,(H,36,38)(H,37,39). The third-order valence-corrected chi connectivity index (χ3v) is 5.70. The molecule has 0 aliphatic carbocycles. The molecule has 3 rings (SSSR count). The monoisotopic (exact) mass is 582 g/mol. The van der Waals surface area contributed by atoms with Gasteiger partial charge in [0.25, 0.3) is 5.91 Å². The van der Waals surface area contributed by atoms with Crippen LogP contribution in [0.4, 0.5) is 50.9 Å². The molecule has 0 radical (unpaired) electrons. The maximum absolute atomic E-state index is 13.7. The molecule has 2 amide bonds. The highest BCUT2D eigenvalue weighted by atomic mass is 35.5. The largest absolute Gasteiger partial charge is 0.416 e. The lowest BCUT2D eigenvalue weighted by molar-refractivity contribution is -0.156. The predicted molar refractivity (Wildman–Crippen MR) is 124 cm³/mol. The summed E-state index contributed by atoms with van der Waals surface area (Å²) >= 11 is 5.99. The van der Waals surface area contributed by atoms with E-state index in [0.29, 0.717) is 12.1 Å². The van der Waals surface area contributed by atoms with E-state index in [0.717, 1.165) is 48.5 Å². The summed E-state index contributed by atoms with van der Waals surface area (Å²) in [5.74, 6) is -4.67. The molecule has 0 saturated carbocycles. The summed E-state index contributed by atoms with van der Waals surface area (Å²) in [4.78, 5) is 25.0. The second-order valence-corrected chi connectivity index (χ2v) is 8.60. The number of amides is 2. The lowest BCUT2D eigenvalue weighted by atomic mass is 9.93. The fourth-order valence-corrected chi connectivity index (χ4v) is 3.67. The van der Waals surface area contributed by atoms with Gasteiger partial charge < -0.3 is 10.6 Å². The fourth-order valence-electron chi connectivity index (χ4n) is 3.47. The highest BCUT2D eigenvalue weighted by Gasteiger charge is 2.43. The first-order valence-corrected chi connectivity index (χ1v) is 11.1. The Bertz CT molecular complexity index is 1350. The van der Waals surface area contributed by atoms with E-state index < -0.39 is 59.4 Å². The van der Waals surface area contributed by atoms with Crippen molar-refractivity contribution in [3.05, 3.63) is 94.0 Å². The summed E-state index contributed by atoms with van der Waals surface area (Å²) in [6.07, 6.45) is -15.8. The Morgan fingerprint density at radius 3 is 1.87 bits per heavy atom. The molecule has 0 aliphatic heterocycles. The highest BCUT2D eigenvalue weighted by molar-refractivity contribution is 6.34. The van der Waals surface area contributed by atoms with Crippen LogP contribution >= 0.6 is 11.6 Å². The summed E-state index contributed by atoms with van der Waals surface area (Å²) in [5, 5.41) is 4.31. The number of carbonyl (C=O) groups excluding carboxylic acids is 2. The molecule has 0 saturated heterocycles. The van der Waals surface area contributed by atoms with Gasteiger partial charge in [-0.15, -0.1) is 0 Å². The summed E-state index contributed by atoms with van der Waals surface area (Å²) < 4.78 is 118. The van der Waals surface area contributed by atoms with Crippen molar-refractivity contribution in [2.24, 2.45) is 0 Å². The van der Waals surface area contributed by atoms with Crippen LogP contribution in [-0.4, -0.2) is 18.0 Å². The number of rotatable bonds is 6. The quantitative estimate of drug-likeness (QED) is 0.287. The average molecular weight is 583 g/mol. The smallest absolute Gasteiger partial charge is 0.326 e. The number of carbonyl (C=O) groups is 2. The zero-order chi connectivity index (χ0) is 29.2. The van der Waals surface area contributed by atoms with Crippen LogP contribution in [0.25, 0.3) is 0 Å². The van der Waals surface area contributed by atoms with Gasteiger partial charge in [0.1, 0.15) is 0 Å². The van der Waals surface area contributed by atoms with Gasteiger partial charge in [-0.1, -0.05) is 29.8 Å². The SMILES string of the molecule is O=C(CC(c1cccc(C(F)(F)F)c1)C(F)(F)F)Nc1ccc(Cl)c(C(=O)Nc2ccc(C(F)(F)F)cc2)c1. The highest BCUT2D eigenvalue weighted by Crippen LogP contribution is 2.40. The van der Waals surface area contributed by atoms with Gasteiger partial charge in [0.15, 0.2) is 0 Å². The molecule has 0 heterocycles. The first-order chi connectivity index (χ1) is 17.9. The lowest BCUT2D eigenvalue weighted by Crippen LogP contribution is -2.26. The van der Waals surface area contributed by atoms with Gasteiger partial charge in [-0.2, -0.15) is 39.5 Å². The molecule has 0 spiro atoms. The van der Waals surface area contributed by atoms with Crippen LogP contribution in [0.3, 0.4) is 0 Å². The maximum atomic E-state index is 13.7. The van der Waals surface area contributed by atoms with E-state index in [2.05, 4.69) is 10.6 Å². The van der Waals surface area contributed by atoms with Crippen molar-refractivity contribution in [3.8, 4) is 0 Å². The van der Waals surface area contributed by atoms with Crippen LogP contribution in [0.2, 0.25) is 5.02 Å². The van der Waals surface area contributed by atoms with E-state index in [4.69, 9.17) is 11.6 Å². The molecule has 39 heavy (non-hydrogen) atoms. The third-order valence-electron chi connectivity index (χ3n) is 5.37.